The standard InChI is InChI=1S/C14H18BrNO4S/c1-16(7-6-15)21(18,19)13-5-3-4-10-8-11(9-12(10)13)14(17)20-2/h3-5,11H,6-9H2,1-2H3. The molecule has 1 unspecified atom stereocenters. The Morgan fingerprint density at radius 1 is 1.43 bits per heavy atom. The number of halogens is 1. The molecule has 1 aliphatic carbocycles. The summed E-state index contributed by atoms with van der Waals surface area (Å²) in [5.74, 6) is -0.578. The lowest BCUT2D eigenvalue weighted by atomic mass is 10.1. The Bertz CT molecular complexity index is 644. The summed E-state index contributed by atoms with van der Waals surface area (Å²) in [6.45, 7) is 0.395. The van der Waals surface area contributed by atoms with Gasteiger partial charge in [0.05, 0.1) is 17.9 Å². The third kappa shape index (κ3) is 3.14. The predicted octanol–water partition coefficient (Wildman–Crippen LogP) is 1.59. The molecule has 0 spiro atoms. The molecule has 0 amide bonds. The van der Waals surface area contributed by atoms with Crippen molar-refractivity contribution in [3.05, 3.63) is 29.3 Å². The second-order valence-corrected chi connectivity index (χ2v) is 7.84. The second kappa shape index (κ2) is 6.46. The molecule has 0 bridgehead atoms. The Morgan fingerprint density at radius 3 is 2.76 bits per heavy atom. The highest BCUT2D eigenvalue weighted by Gasteiger charge is 2.33. The maximum atomic E-state index is 12.6. The molecule has 0 heterocycles. The molecule has 116 valence electrons. The monoisotopic (exact) mass is 375 g/mol. The summed E-state index contributed by atoms with van der Waals surface area (Å²) >= 11 is 3.25. The van der Waals surface area contributed by atoms with Gasteiger partial charge < -0.3 is 4.74 Å². The molecular weight excluding hydrogens is 358 g/mol. The first-order chi connectivity index (χ1) is 9.91. The van der Waals surface area contributed by atoms with Crippen molar-refractivity contribution in [2.45, 2.75) is 17.7 Å². The van der Waals surface area contributed by atoms with E-state index >= 15 is 0 Å². The fraction of sp³-hybridized carbons (Fsp3) is 0.500. The van der Waals surface area contributed by atoms with Crippen LogP contribution in [0.4, 0.5) is 0 Å². The molecule has 1 aromatic rings. The Hall–Kier alpha value is -0.920. The molecule has 0 saturated carbocycles. The number of methoxy groups -OCH3 is 1. The van der Waals surface area contributed by atoms with Gasteiger partial charge in [-0.1, -0.05) is 28.1 Å². The Labute approximate surface area is 133 Å². The normalized spacial score (nSPS) is 17.8. The largest absolute Gasteiger partial charge is 0.469 e. The summed E-state index contributed by atoms with van der Waals surface area (Å²) in [7, 11) is -0.619. The summed E-state index contributed by atoms with van der Waals surface area (Å²) < 4.78 is 31.3. The zero-order chi connectivity index (χ0) is 15.6. The number of sulfonamides is 1. The van der Waals surface area contributed by atoms with Crippen LogP contribution in [0.25, 0.3) is 0 Å². The number of nitrogens with zero attached hydrogens (tertiary/aromatic N) is 1. The van der Waals surface area contributed by atoms with Crippen molar-refractivity contribution in [2.75, 3.05) is 26.0 Å². The van der Waals surface area contributed by atoms with Gasteiger partial charge in [0.2, 0.25) is 10.0 Å². The zero-order valence-corrected chi connectivity index (χ0v) is 14.4. The van der Waals surface area contributed by atoms with E-state index in [0.29, 0.717) is 29.6 Å². The number of carbonyl (C=O) groups excluding carboxylic acids is 1. The molecule has 21 heavy (non-hydrogen) atoms. The smallest absolute Gasteiger partial charge is 0.309 e. The minimum Gasteiger partial charge on any atom is -0.469 e. The van der Waals surface area contributed by atoms with E-state index in [2.05, 4.69) is 15.9 Å². The number of rotatable bonds is 5. The molecule has 7 heteroatoms. The van der Waals surface area contributed by atoms with Gasteiger partial charge >= 0.3 is 5.97 Å². The van der Waals surface area contributed by atoms with Crippen molar-refractivity contribution in [1.29, 1.82) is 0 Å². The van der Waals surface area contributed by atoms with Crippen molar-refractivity contribution >= 4 is 31.9 Å². The van der Waals surface area contributed by atoms with Gasteiger partial charge in [-0.2, -0.15) is 0 Å². The molecule has 1 aromatic carbocycles. The van der Waals surface area contributed by atoms with Crippen LogP contribution < -0.4 is 0 Å². The third-order valence-corrected chi connectivity index (χ3v) is 6.07. The van der Waals surface area contributed by atoms with E-state index in [-0.39, 0.29) is 11.9 Å². The highest BCUT2D eigenvalue weighted by molar-refractivity contribution is 9.09. The maximum Gasteiger partial charge on any atom is 0.309 e. The van der Waals surface area contributed by atoms with Crippen molar-refractivity contribution in [3.8, 4) is 0 Å². The van der Waals surface area contributed by atoms with Crippen molar-refractivity contribution < 1.29 is 17.9 Å². The Kier molecular flexibility index (Phi) is 5.06. The van der Waals surface area contributed by atoms with Crippen LogP contribution in [0.2, 0.25) is 0 Å². The van der Waals surface area contributed by atoms with Crippen LogP contribution >= 0.6 is 15.9 Å². The van der Waals surface area contributed by atoms with Crippen LogP contribution in [-0.4, -0.2) is 44.7 Å². The summed E-state index contributed by atoms with van der Waals surface area (Å²) in [6, 6.07) is 5.22. The van der Waals surface area contributed by atoms with E-state index in [9.17, 15) is 13.2 Å². The van der Waals surface area contributed by atoms with Crippen molar-refractivity contribution in [2.24, 2.45) is 5.92 Å². The molecular formula is C14H18BrNO4S. The van der Waals surface area contributed by atoms with E-state index in [1.54, 1.807) is 19.2 Å². The Balaban J connectivity index is 2.38. The fourth-order valence-corrected chi connectivity index (χ4v) is 4.81. The van der Waals surface area contributed by atoms with Crippen molar-refractivity contribution in [1.82, 2.24) is 4.31 Å². The van der Waals surface area contributed by atoms with Gasteiger partial charge in [-0.3, -0.25) is 4.79 Å². The molecule has 0 saturated heterocycles. The van der Waals surface area contributed by atoms with Gasteiger partial charge in [-0.05, 0) is 30.0 Å². The number of hydrogen-bond acceptors (Lipinski definition) is 4. The van der Waals surface area contributed by atoms with Crippen LogP contribution in [0.3, 0.4) is 0 Å². The number of ether oxygens (including phenoxy) is 1. The molecule has 0 radical (unpaired) electrons. The van der Waals surface area contributed by atoms with E-state index in [0.717, 1.165) is 11.1 Å². The van der Waals surface area contributed by atoms with Gasteiger partial charge in [-0.25, -0.2) is 12.7 Å². The lowest BCUT2D eigenvalue weighted by Crippen LogP contribution is -2.29. The number of fused-ring (bicyclic) bond motifs is 1. The molecule has 1 aliphatic rings. The molecule has 5 nitrogen and oxygen atoms in total. The van der Waals surface area contributed by atoms with Gasteiger partial charge in [-0.15, -0.1) is 0 Å². The van der Waals surface area contributed by atoms with E-state index in [4.69, 9.17) is 4.74 Å². The molecule has 2 rings (SSSR count). The van der Waals surface area contributed by atoms with Gasteiger partial charge in [0.25, 0.3) is 0 Å². The van der Waals surface area contributed by atoms with Crippen molar-refractivity contribution in [3.63, 3.8) is 0 Å². The highest BCUT2D eigenvalue weighted by atomic mass is 79.9. The predicted molar refractivity (Wildman–Crippen MR) is 83.0 cm³/mol. The molecule has 0 aromatic heterocycles. The lowest BCUT2D eigenvalue weighted by Gasteiger charge is -2.18. The summed E-state index contributed by atoms with van der Waals surface area (Å²) in [5.41, 5.74) is 1.66. The summed E-state index contributed by atoms with van der Waals surface area (Å²) in [4.78, 5) is 12.0. The lowest BCUT2D eigenvalue weighted by molar-refractivity contribution is -0.145. The van der Waals surface area contributed by atoms with Crippen LogP contribution in [-0.2, 0) is 32.4 Å². The van der Waals surface area contributed by atoms with Crippen LogP contribution in [0.5, 0.6) is 0 Å². The molecule has 0 fully saturated rings. The van der Waals surface area contributed by atoms with Gasteiger partial charge in [0.1, 0.15) is 0 Å². The van der Waals surface area contributed by atoms with E-state index in [1.807, 2.05) is 6.07 Å². The van der Waals surface area contributed by atoms with Gasteiger partial charge in [0, 0.05) is 18.9 Å². The quantitative estimate of drug-likeness (QED) is 0.578. The van der Waals surface area contributed by atoms with E-state index in [1.165, 1.54) is 11.4 Å². The first-order valence-electron chi connectivity index (χ1n) is 6.62. The van der Waals surface area contributed by atoms with Crippen LogP contribution in [0.15, 0.2) is 23.1 Å². The zero-order valence-electron chi connectivity index (χ0n) is 12.0. The SMILES string of the molecule is COC(=O)C1Cc2cccc(S(=O)(=O)N(C)CCBr)c2C1. The second-order valence-electron chi connectivity index (χ2n) is 5.04. The van der Waals surface area contributed by atoms with Crippen LogP contribution in [0, 0.1) is 5.92 Å². The number of alkyl halides is 1. The topological polar surface area (TPSA) is 63.7 Å². The first kappa shape index (κ1) is 16.5. The minimum absolute atomic E-state index is 0.289. The minimum atomic E-state index is -3.53. The fourth-order valence-electron chi connectivity index (χ4n) is 2.60. The van der Waals surface area contributed by atoms with E-state index < -0.39 is 10.0 Å². The number of hydrogen-bond donors (Lipinski definition) is 0. The summed E-state index contributed by atoms with van der Waals surface area (Å²) in [6.07, 6.45) is 0.951. The summed E-state index contributed by atoms with van der Waals surface area (Å²) in [5, 5.41) is 0.572. The number of carbonyl (C=O) groups is 1. The maximum absolute atomic E-state index is 12.6. The highest BCUT2D eigenvalue weighted by Crippen LogP contribution is 2.33. The molecule has 0 aliphatic heterocycles. The third-order valence-electron chi connectivity index (χ3n) is 3.77. The van der Waals surface area contributed by atoms with Gasteiger partial charge in [0.15, 0.2) is 0 Å². The first-order valence-corrected chi connectivity index (χ1v) is 9.19. The average molecular weight is 376 g/mol. The average Bonchev–Trinajstić information content (AvgIpc) is 2.90. The Morgan fingerprint density at radius 2 is 2.14 bits per heavy atom. The van der Waals surface area contributed by atoms with Crippen LogP contribution in [0.1, 0.15) is 11.1 Å². The molecule has 0 N–H and O–H groups in total. The number of esters is 1. The molecule has 1 atom stereocenters. The number of benzene rings is 1.